The number of carbonyl (C=O) groups is 2. The molecule has 29 heavy (non-hydrogen) atoms. The average molecular weight is 409 g/mol. The van der Waals surface area contributed by atoms with Crippen LogP contribution >= 0.6 is 11.3 Å². The maximum atomic E-state index is 12.2. The molecule has 0 bridgehead atoms. The van der Waals surface area contributed by atoms with Crippen LogP contribution in [-0.2, 0) is 17.9 Å². The van der Waals surface area contributed by atoms with Crippen LogP contribution in [0.3, 0.4) is 0 Å². The van der Waals surface area contributed by atoms with Crippen LogP contribution in [0.4, 0.5) is 0 Å². The fourth-order valence-corrected chi connectivity index (χ4v) is 3.38. The van der Waals surface area contributed by atoms with E-state index in [2.05, 4.69) is 29.7 Å². The number of rotatable bonds is 8. The van der Waals surface area contributed by atoms with Crippen molar-refractivity contribution in [2.45, 2.75) is 33.0 Å². The molecule has 3 rings (SSSR count). The van der Waals surface area contributed by atoms with E-state index >= 15 is 0 Å². The van der Waals surface area contributed by atoms with E-state index in [4.69, 9.17) is 4.74 Å². The highest BCUT2D eigenvalue weighted by Gasteiger charge is 2.16. The van der Waals surface area contributed by atoms with Gasteiger partial charge in [0.1, 0.15) is 18.4 Å². The normalized spacial score (nSPS) is 11.5. The SMILES string of the molecule is Cc1cccc(COc2ccc(CNC(=O)C(C)NC(=O)c3cccs3)cc2)c1. The molecule has 1 heterocycles. The van der Waals surface area contributed by atoms with Crippen molar-refractivity contribution in [3.05, 3.63) is 87.6 Å². The lowest BCUT2D eigenvalue weighted by molar-refractivity contribution is -0.122. The summed E-state index contributed by atoms with van der Waals surface area (Å²) in [7, 11) is 0. The van der Waals surface area contributed by atoms with Gasteiger partial charge in [0.15, 0.2) is 0 Å². The summed E-state index contributed by atoms with van der Waals surface area (Å²) in [5.41, 5.74) is 3.29. The van der Waals surface area contributed by atoms with Crippen molar-refractivity contribution >= 4 is 23.2 Å². The number of ether oxygens (including phenoxy) is 1. The third kappa shape index (κ3) is 6.19. The van der Waals surface area contributed by atoms with E-state index in [-0.39, 0.29) is 11.8 Å². The highest BCUT2D eigenvalue weighted by atomic mass is 32.1. The third-order valence-electron chi connectivity index (χ3n) is 4.36. The molecule has 0 fully saturated rings. The molecule has 0 saturated heterocycles. The molecule has 0 aliphatic heterocycles. The third-order valence-corrected chi connectivity index (χ3v) is 5.23. The van der Waals surface area contributed by atoms with E-state index in [9.17, 15) is 9.59 Å². The monoisotopic (exact) mass is 408 g/mol. The fourth-order valence-electron chi connectivity index (χ4n) is 2.76. The topological polar surface area (TPSA) is 67.4 Å². The number of thiophene rings is 1. The number of hydrogen-bond donors (Lipinski definition) is 2. The van der Waals surface area contributed by atoms with Gasteiger partial charge in [-0.3, -0.25) is 9.59 Å². The van der Waals surface area contributed by atoms with Gasteiger partial charge >= 0.3 is 0 Å². The Morgan fingerprint density at radius 3 is 2.52 bits per heavy atom. The molecule has 0 radical (unpaired) electrons. The molecule has 150 valence electrons. The van der Waals surface area contributed by atoms with E-state index in [1.165, 1.54) is 16.9 Å². The molecule has 2 amide bonds. The minimum Gasteiger partial charge on any atom is -0.489 e. The first kappa shape index (κ1) is 20.6. The lowest BCUT2D eigenvalue weighted by atomic mass is 10.1. The van der Waals surface area contributed by atoms with E-state index < -0.39 is 6.04 Å². The van der Waals surface area contributed by atoms with Crippen molar-refractivity contribution in [3.8, 4) is 5.75 Å². The summed E-state index contributed by atoms with van der Waals surface area (Å²) in [5, 5.41) is 7.37. The molecule has 5 nitrogen and oxygen atoms in total. The van der Waals surface area contributed by atoms with Gasteiger partial charge in [-0.05, 0) is 48.6 Å². The predicted octanol–water partition coefficient (Wildman–Crippen LogP) is 4.07. The number of amides is 2. The first-order valence-electron chi connectivity index (χ1n) is 9.40. The van der Waals surface area contributed by atoms with Crippen LogP contribution in [0.25, 0.3) is 0 Å². The van der Waals surface area contributed by atoms with E-state index in [0.717, 1.165) is 16.9 Å². The molecule has 0 aliphatic carbocycles. The summed E-state index contributed by atoms with van der Waals surface area (Å²) in [6.07, 6.45) is 0. The van der Waals surface area contributed by atoms with E-state index in [1.54, 1.807) is 19.1 Å². The van der Waals surface area contributed by atoms with Crippen molar-refractivity contribution in [2.24, 2.45) is 0 Å². The van der Waals surface area contributed by atoms with Gasteiger partial charge in [0.25, 0.3) is 5.91 Å². The largest absolute Gasteiger partial charge is 0.489 e. The zero-order valence-electron chi connectivity index (χ0n) is 16.5. The quantitative estimate of drug-likeness (QED) is 0.590. The second-order valence-corrected chi connectivity index (χ2v) is 7.76. The minimum atomic E-state index is -0.610. The Morgan fingerprint density at radius 2 is 1.83 bits per heavy atom. The van der Waals surface area contributed by atoms with Crippen LogP contribution in [-0.4, -0.2) is 17.9 Å². The van der Waals surface area contributed by atoms with Crippen LogP contribution < -0.4 is 15.4 Å². The Labute approximate surface area is 174 Å². The molecule has 1 atom stereocenters. The smallest absolute Gasteiger partial charge is 0.261 e. The van der Waals surface area contributed by atoms with Gasteiger partial charge in [0, 0.05) is 6.54 Å². The predicted molar refractivity (Wildman–Crippen MR) is 115 cm³/mol. The molecular formula is C23H24N2O3S. The van der Waals surface area contributed by atoms with Gasteiger partial charge < -0.3 is 15.4 Å². The molecule has 1 unspecified atom stereocenters. The van der Waals surface area contributed by atoms with Crippen LogP contribution in [0.15, 0.2) is 66.0 Å². The molecule has 0 aliphatic rings. The van der Waals surface area contributed by atoms with Crippen LogP contribution in [0.2, 0.25) is 0 Å². The van der Waals surface area contributed by atoms with Gasteiger partial charge in [-0.1, -0.05) is 48.0 Å². The van der Waals surface area contributed by atoms with Crippen molar-refractivity contribution in [2.75, 3.05) is 0 Å². The number of aryl methyl sites for hydroxylation is 1. The lowest BCUT2D eigenvalue weighted by Crippen LogP contribution is -2.44. The van der Waals surface area contributed by atoms with E-state index in [0.29, 0.717) is 18.0 Å². The summed E-state index contributed by atoms with van der Waals surface area (Å²) in [4.78, 5) is 24.8. The summed E-state index contributed by atoms with van der Waals surface area (Å²) in [6.45, 7) is 4.62. The summed E-state index contributed by atoms with van der Waals surface area (Å²) < 4.78 is 5.81. The second-order valence-electron chi connectivity index (χ2n) is 6.81. The molecule has 0 spiro atoms. The van der Waals surface area contributed by atoms with Crippen LogP contribution in [0.1, 0.15) is 33.3 Å². The number of nitrogens with one attached hydrogen (secondary N) is 2. The van der Waals surface area contributed by atoms with E-state index in [1.807, 2.05) is 41.8 Å². The van der Waals surface area contributed by atoms with Gasteiger partial charge in [-0.15, -0.1) is 11.3 Å². The Morgan fingerprint density at radius 1 is 1.03 bits per heavy atom. The fraction of sp³-hybridized carbons (Fsp3) is 0.217. The highest BCUT2D eigenvalue weighted by molar-refractivity contribution is 7.12. The van der Waals surface area contributed by atoms with Gasteiger partial charge in [-0.2, -0.15) is 0 Å². The molecular weight excluding hydrogens is 384 g/mol. The summed E-state index contributed by atoms with van der Waals surface area (Å²) >= 11 is 1.34. The molecule has 3 aromatic rings. The maximum absolute atomic E-state index is 12.2. The number of hydrogen-bond acceptors (Lipinski definition) is 4. The van der Waals surface area contributed by atoms with Crippen molar-refractivity contribution in [1.29, 1.82) is 0 Å². The number of carbonyl (C=O) groups excluding carboxylic acids is 2. The number of benzene rings is 2. The molecule has 2 N–H and O–H groups in total. The first-order chi connectivity index (χ1) is 14.0. The van der Waals surface area contributed by atoms with Gasteiger partial charge in [0.2, 0.25) is 5.91 Å². The van der Waals surface area contributed by atoms with Crippen LogP contribution in [0, 0.1) is 6.92 Å². The maximum Gasteiger partial charge on any atom is 0.261 e. The lowest BCUT2D eigenvalue weighted by Gasteiger charge is -2.14. The van der Waals surface area contributed by atoms with Gasteiger partial charge in [-0.25, -0.2) is 0 Å². The minimum absolute atomic E-state index is 0.227. The van der Waals surface area contributed by atoms with Gasteiger partial charge in [0.05, 0.1) is 4.88 Å². The molecule has 1 aromatic heterocycles. The zero-order chi connectivity index (χ0) is 20.6. The van der Waals surface area contributed by atoms with Crippen molar-refractivity contribution < 1.29 is 14.3 Å². The summed E-state index contributed by atoms with van der Waals surface area (Å²) in [6, 6.07) is 18.7. The Bertz CT molecular complexity index is 953. The highest BCUT2D eigenvalue weighted by Crippen LogP contribution is 2.15. The zero-order valence-corrected chi connectivity index (χ0v) is 17.3. The van der Waals surface area contributed by atoms with Crippen molar-refractivity contribution in [1.82, 2.24) is 10.6 Å². The average Bonchev–Trinajstić information content (AvgIpc) is 3.26. The molecule has 0 saturated carbocycles. The second kappa shape index (κ2) is 9.89. The summed E-state index contributed by atoms with van der Waals surface area (Å²) in [5.74, 6) is 0.311. The van der Waals surface area contributed by atoms with Crippen LogP contribution in [0.5, 0.6) is 5.75 Å². The Balaban J connectivity index is 1.44. The first-order valence-corrected chi connectivity index (χ1v) is 10.3. The Hall–Kier alpha value is -3.12. The standard InChI is InChI=1S/C23H24N2O3S/c1-16-5-3-6-19(13-16)15-28-20-10-8-18(9-11-20)14-24-22(26)17(2)25-23(27)21-7-4-12-29-21/h3-13,17H,14-15H2,1-2H3,(H,24,26)(H,25,27). The Kier molecular flexibility index (Phi) is 7.03. The molecule has 6 heteroatoms. The molecule has 2 aromatic carbocycles. The van der Waals surface area contributed by atoms with Crippen molar-refractivity contribution in [3.63, 3.8) is 0 Å².